The molecular weight excluding hydrogens is 354 g/mol. The maximum Gasteiger partial charge on any atom is 0.322 e. The van der Waals surface area contributed by atoms with Gasteiger partial charge in [-0.05, 0) is 24.6 Å². The fraction of sp³-hybridized carbons (Fsp3) is 0.167. The molecule has 1 heterocycles. The highest BCUT2D eigenvalue weighted by Crippen LogP contribution is 2.18. The molecule has 0 radical (unpaired) electrons. The third kappa shape index (κ3) is 4.15. The number of nitrogens with zero attached hydrogens (tertiary/aromatic N) is 2. The molecule has 0 aliphatic rings. The molecule has 0 fully saturated rings. The zero-order chi connectivity index (χ0) is 18.7. The van der Waals surface area contributed by atoms with Gasteiger partial charge in [0, 0.05) is 6.26 Å². The first-order valence-electron chi connectivity index (χ1n) is 7.81. The Morgan fingerprint density at radius 2 is 1.77 bits per heavy atom. The van der Waals surface area contributed by atoms with Gasteiger partial charge in [-0.25, -0.2) is 8.42 Å². The smallest absolute Gasteiger partial charge is 0.322 e. The van der Waals surface area contributed by atoms with E-state index in [0.717, 1.165) is 17.4 Å². The number of sulfone groups is 1. The standard InChI is InChI=1S/C18H17N3O4S/c1-12-7-9-13(10-8-12)11-16-20-21-18(25-16)19-17(22)14-5-3-4-6-15(14)26(2,23)24/h3-10H,11H2,1-2H3,(H,19,21,22). The van der Waals surface area contributed by atoms with Crippen LogP contribution in [-0.4, -0.2) is 30.8 Å². The summed E-state index contributed by atoms with van der Waals surface area (Å²) in [7, 11) is -3.54. The molecule has 8 heteroatoms. The lowest BCUT2D eigenvalue weighted by Crippen LogP contribution is -2.16. The first kappa shape index (κ1) is 17.8. The minimum Gasteiger partial charge on any atom is -0.407 e. The summed E-state index contributed by atoms with van der Waals surface area (Å²) in [6.07, 6.45) is 1.48. The summed E-state index contributed by atoms with van der Waals surface area (Å²) in [4.78, 5) is 12.3. The summed E-state index contributed by atoms with van der Waals surface area (Å²) in [5, 5.41) is 10.1. The quantitative estimate of drug-likeness (QED) is 0.740. The van der Waals surface area contributed by atoms with Gasteiger partial charge in [-0.3, -0.25) is 10.1 Å². The number of anilines is 1. The van der Waals surface area contributed by atoms with Crippen LogP contribution in [0, 0.1) is 6.92 Å². The highest BCUT2D eigenvalue weighted by atomic mass is 32.2. The highest BCUT2D eigenvalue weighted by molar-refractivity contribution is 7.90. The average Bonchev–Trinajstić information content (AvgIpc) is 3.03. The van der Waals surface area contributed by atoms with Gasteiger partial charge in [0.1, 0.15) is 0 Å². The van der Waals surface area contributed by atoms with Gasteiger partial charge in [-0.1, -0.05) is 47.1 Å². The minimum absolute atomic E-state index is 0.0216. The summed E-state index contributed by atoms with van der Waals surface area (Å²) < 4.78 is 29.1. The van der Waals surface area contributed by atoms with Crippen LogP contribution in [-0.2, 0) is 16.3 Å². The summed E-state index contributed by atoms with van der Waals surface area (Å²) in [6, 6.07) is 13.7. The molecule has 0 aliphatic carbocycles. The summed E-state index contributed by atoms with van der Waals surface area (Å²) in [5.41, 5.74) is 2.17. The van der Waals surface area contributed by atoms with Crippen LogP contribution in [0.4, 0.5) is 6.01 Å². The lowest BCUT2D eigenvalue weighted by Gasteiger charge is -2.06. The van der Waals surface area contributed by atoms with Gasteiger partial charge < -0.3 is 4.42 Å². The Morgan fingerprint density at radius 1 is 1.08 bits per heavy atom. The lowest BCUT2D eigenvalue weighted by molar-refractivity contribution is 0.102. The predicted molar refractivity (Wildman–Crippen MR) is 95.8 cm³/mol. The molecule has 2 aromatic carbocycles. The molecule has 0 unspecified atom stereocenters. The topological polar surface area (TPSA) is 102 Å². The van der Waals surface area contributed by atoms with Crippen LogP contribution in [0.25, 0.3) is 0 Å². The molecule has 0 bridgehead atoms. The lowest BCUT2D eigenvalue weighted by atomic mass is 10.1. The number of hydrogen-bond acceptors (Lipinski definition) is 6. The number of benzene rings is 2. The number of rotatable bonds is 5. The molecule has 1 amide bonds. The van der Waals surface area contributed by atoms with Crippen LogP contribution in [0.15, 0.2) is 57.8 Å². The molecule has 0 spiro atoms. The van der Waals surface area contributed by atoms with Crippen LogP contribution >= 0.6 is 0 Å². The Bertz CT molecular complexity index is 1040. The van der Waals surface area contributed by atoms with E-state index in [1.807, 2.05) is 31.2 Å². The van der Waals surface area contributed by atoms with Crippen LogP contribution < -0.4 is 5.32 Å². The maximum absolute atomic E-state index is 12.4. The fourth-order valence-corrected chi connectivity index (χ4v) is 3.28. The van der Waals surface area contributed by atoms with Crippen LogP contribution in [0.2, 0.25) is 0 Å². The van der Waals surface area contributed by atoms with Gasteiger partial charge in [0.05, 0.1) is 16.9 Å². The second kappa shape index (κ2) is 7.09. The predicted octanol–water partition coefficient (Wildman–Crippen LogP) is 2.62. The zero-order valence-electron chi connectivity index (χ0n) is 14.3. The van der Waals surface area contributed by atoms with E-state index in [-0.39, 0.29) is 16.5 Å². The number of carbonyl (C=O) groups excluding carboxylic acids is 1. The highest BCUT2D eigenvalue weighted by Gasteiger charge is 2.20. The van der Waals surface area contributed by atoms with Crippen molar-refractivity contribution in [3.05, 3.63) is 71.1 Å². The molecule has 0 atom stereocenters. The second-order valence-corrected chi connectivity index (χ2v) is 7.87. The SMILES string of the molecule is Cc1ccc(Cc2nnc(NC(=O)c3ccccc3S(C)(=O)=O)o2)cc1. The van der Waals surface area contributed by atoms with Crippen molar-refractivity contribution in [2.75, 3.05) is 11.6 Å². The van der Waals surface area contributed by atoms with Crippen molar-refractivity contribution in [2.24, 2.45) is 0 Å². The van der Waals surface area contributed by atoms with Crippen molar-refractivity contribution in [1.29, 1.82) is 0 Å². The minimum atomic E-state index is -3.54. The largest absolute Gasteiger partial charge is 0.407 e. The van der Waals surface area contributed by atoms with Crippen molar-refractivity contribution < 1.29 is 17.6 Å². The Morgan fingerprint density at radius 3 is 2.46 bits per heavy atom. The number of carbonyl (C=O) groups is 1. The molecule has 7 nitrogen and oxygen atoms in total. The molecule has 1 N–H and O–H groups in total. The number of aromatic nitrogens is 2. The van der Waals surface area contributed by atoms with Gasteiger partial charge >= 0.3 is 6.01 Å². The molecule has 0 aliphatic heterocycles. The number of aryl methyl sites for hydroxylation is 1. The third-order valence-corrected chi connectivity index (χ3v) is 4.85. The van der Waals surface area contributed by atoms with Crippen molar-refractivity contribution in [3.8, 4) is 0 Å². The van der Waals surface area contributed by atoms with Gasteiger partial charge in [0.25, 0.3) is 5.91 Å². The molecule has 134 valence electrons. The van der Waals surface area contributed by atoms with Gasteiger partial charge in [-0.15, -0.1) is 5.10 Å². The average molecular weight is 371 g/mol. The van der Waals surface area contributed by atoms with Crippen molar-refractivity contribution in [3.63, 3.8) is 0 Å². The summed E-state index contributed by atoms with van der Waals surface area (Å²) in [5.74, 6) is -0.280. The molecule has 0 saturated heterocycles. The summed E-state index contributed by atoms with van der Waals surface area (Å²) >= 11 is 0. The monoisotopic (exact) mass is 371 g/mol. The molecule has 0 saturated carbocycles. The van der Waals surface area contributed by atoms with Gasteiger partial charge in [0.2, 0.25) is 5.89 Å². The van der Waals surface area contributed by atoms with Gasteiger partial charge in [0.15, 0.2) is 9.84 Å². The van der Waals surface area contributed by atoms with E-state index in [2.05, 4.69) is 15.5 Å². The van der Waals surface area contributed by atoms with Gasteiger partial charge in [-0.2, -0.15) is 0 Å². The van der Waals surface area contributed by atoms with E-state index in [1.165, 1.54) is 12.1 Å². The van der Waals surface area contributed by atoms with E-state index >= 15 is 0 Å². The Labute approximate surface area is 151 Å². The van der Waals surface area contributed by atoms with E-state index in [4.69, 9.17) is 4.42 Å². The maximum atomic E-state index is 12.4. The third-order valence-electron chi connectivity index (χ3n) is 3.69. The second-order valence-electron chi connectivity index (χ2n) is 5.89. The fourth-order valence-electron chi connectivity index (χ4n) is 2.40. The normalized spacial score (nSPS) is 11.3. The van der Waals surface area contributed by atoms with Crippen LogP contribution in [0.3, 0.4) is 0 Å². The first-order valence-corrected chi connectivity index (χ1v) is 9.70. The molecule has 1 aromatic heterocycles. The Kier molecular flexibility index (Phi) is 4.85. The number of amides is 1. The molecule has 26 heavy (non-hydrogen) atoms. The summed E-state index contributed by atoms with van der Waals surface area (Å²) in [6.45, 7) is 2.00. The Hall–Kier alpha value is -3.00. The van der Waals surface area contributed by atoms with E-state index < -0.39 is 15.7 Å². The van der Waals surface area contributed by atoms with Crippen molar-refractivity contribution in [1.82, 2.24) is 10.2 Å². The van der Waals surface area contributed by atoms with Crippen molar-refractivity contribution in [2.45, 2.75) is 18.2 Å². The van der Waals surface area contributed by atoms with E-state index in [0.29, 0.717) is 12.3 Å². The van der Waals surface area contributed by atoms with Crippen LogP contribution in [0.1, 0.15) is 27.4 Å². The first-order chi connectivity index (χ1) is 12.3. The Balaban J connectivity index is 1.75. The molecule has 3 rings (SSSR count). The number of nitrogens with one attached hydrogen (secondary N) is 1. The van der Waals surface area contributed by atoms with E-state index in [1.54, 1.807) is 12.1 Å². The molecule has 3 aromatic rings. The number of hydrogen-bond donors (Lipinski definition) is 1. The van der Waals surface area contributed by atoms with E-state index in [9.17, 15) is 13.2 Å². The zero-order valence-corrected chi connectivity index (χ0v) is 15.1. The van der Waals surface area contributed by atoms with Crippen molar-refractivity contribution >= 4 is 21.8 Å². The van der Waals surface area contributed by atoms with Crippen LogP contribution in [0.5, 0.6) is 0 Å². The molecular formula is C18H17N3O4S.